The highest BCUT2D eigenvalue weighted by Gasteiger charge is 2.67. The molecule has 0 unspecified atom stereocenters. The van der Waals surface area contributed by atoms with Gasteiger partial charge in [-0.05, 0) is 92.4 Å². The Morgan fingerprint density at radius 1 is 1.10 bits per heavy atom. The molecule has 1 aliphatic heterocycles. The molecule has 1 heterocycles. The van der Waals surface area contributed by atoms with Gasteiger partial charge in [-0.15, -0.1) is 0 Å². The van der Waals surface area contributed by atoms with Crippen molar-refractivity contribution in [2.45, 2.75) is 89.4 Å². The molecule has 0 aromatic carbocycles. The zero-order valence-electron chi connectivity index (χ0n) is 18.6. The van der Waals surface area contributed by atoms with Crippen LogP contribution in [0.5, 0.6) is 0 Å². The van der Waals surface area contributed by atoms with Crippen molar-refractivity contribution < 1.29 is 19.4 Å². The molecule has 30 heavy (non-hydrogen) atoms. The van der Waals surface area contributed by atoms with Gasteiger partial charge in [0.2, 0.25) is 0 Å². The van der Waals surface area contributed by atoms with Crippen molar-refractivity contribution in [3.8, 4) is 0 Å². The second-order valence-corrected chi connectivity index (χ2v) is 12.8. The summed E-state index contributed by atoms with van der Waals surface area (Å²) >= 11 is 1.55. The van der Waals surface area contributed by atoms with E-state index in [4.69, 9.17) is 4.74 Å². The number of fused-ring (bicyclic) bond motifs is 5. The summed E-state index contributed by atoms with van der Waals surface area (Å²) in [7, 11) is 0. The van der Waals surface area contributed by atoms with Crippen LogP contribution in [0.15, 0.2) is 11.6 Å². The molecule has 0 spiro atoms. The second kappa shape index (κ2) is 7.10. The molecule has 0 aromatic heterocycles. The highest BCUT2D eigenvalue weighted by molar-refractivity contribution is 8.14. The quantitative estimate of drug-likeness (QED) is 0.629. The van der Waals surface area contributed by atoms with Crippen LogP contribution in [0, 0.1) is 34.5 Å². The SMILES string of the molecule is CC(=O)S[C@H]1CC[C@@]2(C)[C@H](CC[C@@H]3[C@@H]2CC[C@]2(C)[C@@H](C4=CC(=O)OC4)CC[C@]32O)C1. The zero-order chi connectivity index (χ0) is 21.3. The van der Waals surface area contributed by atoms with Crippen LogP contribution in [0.1, 0.15) is 78.6 Å². The summed E-state index contributed by atoms with van der Waals surface area (Å²) in [6.45, 7) is 6.90. The van der Waals surface area contributed by atoms with Crippen molar-refractivity contribution >= 4 is 22.8 Å². The number of thioether (sulfide) groups is 1. The number of ether oxygens (including phenoxy) is 1. The Kier molecular flexibility index (Phi) is 4.98. The number of carbonyl (C=O) groups excluding carboxylic acids is 2. The van der Waals surface area contributed by atoms with Gasteiger partial charge in [0, 0.05) is 23.7 Å². The zero-order valence-corrected chi connectivity index (χ0v) is 19.4. The Hall–Kier alpha value is -0.810. The van der Waals surface area contributed by atoms with Crippen LogP contribution in [0.3, 0.4) is 0 Å². The first kappa shape index (κ1) is 21.1. The molecular formula is C25H36O4S. The molecule has 0 bridgehead atoms. The number of hydrogen-bond donors (Lipinski definition) is 1. The van der Waals surface area contributed by atoms with Gasteiger partial charge in [-0.25, -0.2) is 4.79 Å². The van der Waals surface area contributed by atoms with Crippen LogP contribution in [-0.4, -0.2) is 33.6 Å². The van der Waals surface area contributed by atoms with Crippen LogP contribution in [0.2, 0.25) is 0 Å². The van der Waals surface area contributed by atoms with Crippen LogP contribution in [0.25, 0.3) is 0 Å². The molecule has 0 saturated heterocycles. The second-order valence-electron chi connectivity index (χ2n) is 11.3. The van der Waals surface area contributed by atoms with Gasteiger partial charge in [-0.2, -0.15) is 0 Å². The molecule has 4 saturated carbocycles. The van der Waals surface area contributed by atoms with E-state index in [1.165, 1.54) is 19.3 Å². The number of esters is 1. The highest BCUT2D eigenvalue weighted by atomic mass is 32.2. The summed E-state index contributed by atoms with van der Waals surface area (Å²) in [6, 6.07) is 0. The molecule has 0 aromatic rings. The summed E-state index contributed by atoms with van der Waals surface area (Å²) in [5.74, 6) is 1.66. The van der Waals surface area contributed by atoms with Crippen LogP contribution in [-0.2, 0) is 14.3 Å². The summed E-state index contributed by atoms with van der Waals surface area (Å²) in [5, 5.41) is 13.0. The van der Waals surface area contributed by atoms with Gasteiger partial charge in [0.25, 0.3) is 0 Å². The fraction of sp³-hybridized carbons (Fsp3) is 0.840. The van der Waals surface area contributed by atoms with E-state index in [9.17, 15) is 14.7 Å². The molecule has 4 aliphatic carbocycles. The van der Waals surface area contributed by atoms with E-state index in [2.05, 4.69) is 13.8 Å². The third-order valence-corrected chi connectivity index (χ3v) is 11.4. The van der Waals surface area contributed by atoms with E-state index >= 15 is 0 Å². The van der Waals surface area contributed by atoms with E-state index in [0.717, 1.165) is 44.1 Å². The van der Waals surface area contributed by atoms with E-state index in [-0.39, 0.29) is 27.8 Å². The van der Waals surface area contributed by atoms with Gasteiger partial charge < -0.3 is 9.84 Å². The van der Waals surface area contributed by atoms with E-state index in [1.54, 1.807) is 24.8 Å². The normalized spacial score (nSPS) is 50.2. The maximum absolute atomic E-state index is 12.2. The Morgan fingerprint density at radius 2 is 1.90 bits per heavy atom. The van der Waals surface area contributed by atoms with Crippen molar-refractivity contribution in [2.75, 3.05) is 6.61 Å². The molecule has 4 fully saturated rings. The van der Waals surface area contributed by atoms with Crippen LogP contribution in [0.4, 0.5) is 0 Å². The number of rotatable bonds is 2. The molecule has 8 atom stereocenters. The molecular weight excluding hydrogens is 396 g/mol. The Labute approximate surface area is 184 Å². The lowest BCUT2D eigenvalue weighted by atomic mass is 9.43. The van der Waals surface area contributed by atoms with Gasteiger partial charge in [-0.3, -0.25) is 4.79 Å². The predicted octanol–water partition coefficient (Wildman–Crippen LogP) is 4.89. The lowest BCUT2D eigenvalue weighted by Crippen LogP contribution is -2.62. The fourth-order valence-corrected chi connectivity index (χ4v) is 9.75. The van der Waals surface area contributed by atoms with Gasteiger partial charge in [0.15, 0.2) is 5.12 Å². The summed E-state index contributed by atoms with van der Waals surface area (Å²) < 4.78 is 5.23. The smallest absolute Gasteiger partial charge is 0.331 e. The average molecular weight is 433 g/mol. The van der Waals surface area contributed by atoms with E-state index in [1.807, 2.05) is 0 Å². The Morgan fingerprint density at radius 3 is 2.60 bits per heavy atom. The molecule has 1 N–H and O–H groups in total. The lowest BCUT2D eigenvalue weighted by Gasteiger charge is -2.63. The summed E-state index contributed by atoms with van der Waals surface area (Å²) in [6.07, 6.45) is 11.5. The largest absolute Gasteiger partial charge is 0.458 e. The fourth-order valence-electron chi connectivity index (χ4n) is 8.71. The molecule has 4 nitrogen and oxygen atoms in total. The summed E-state index contributed by atoms with van der Waals surface area (Å²) in [5.41, 5.74) is 0.612. The number of cyclic esters (lactones) is 1. The summed E-state index contributed by atoms with van der Waals surface area (Å²) in [4.78, 5) is 23.3. The predicted molar refractivity (Wildman–Crippen MR) is 118 cm³/mol. The first-order chi connectivity index (χ1) is 14.2. The number of aliphatic hydroxyl groups is 1. The first-order valence-corrected chi connectivity index (χ1v) is 12.8. The van der Waals surface area contributed by atoms with E-state index < -0.39 is 5.60 Å². The minimum atomic E-state index is -0.633. The Balaban J connectivity index is 1.40. The highest BCUT2D eigenvalue weighted by Crippen LogP contribution is 2.70. The molecule has 166 valence electrons. The third kappa shape index (κ3) is 2.90. The molecule has 5 heteroatoms. The topological polar surface area (TPSA) is 63.6 Å². The van der Waals surface area contributed by atoms with Gasteiger partial charge >= 0.3 is 5.97 Å². The maximum atomic E-state index is 12.2. The molecule has 5 rings (SSSR count). The minimum Gasteiger partial charge on any atom is -0.458 e. The van der Waals surface area contributed by atoms with Crippen LogP contribution >= 0.6 is 11.8 Å². The van der Waals surface area contributed by atoms with Crippen molar-refractivity contribution in [1.29, 1.82) is 0 Å². The molecule has 5 aliphatic rings. The first-order valence-electron chi connectivity index (χ1n) is 11.9. The minimum absolute atomic E-state index is 0.154. The van der Waals surface area contributed by atoms with Crippen molar-refractivity contribution in [3.63, 3.8) is 0 Å². The number of hydrogen-bond acceptors (Lipinski definition) is 5. The third-order valence-electron chi connectivity index (χ3n) is 10.3. The van der Waals surface area contributed by atoms with E-state index in [0.29, 0.717) is 29.6 Å². The van der Waals surface area contributed by atoms with Gasteiger partial charge in [0.05, 0.1) is 5.60 Å². The Bertz CT molecular complexity index is 792. The standard InChI is InChI=1S/C25H36O4S/c1-15(26)30-18-6-9-23(2)17(13-18)4-5-21-20(23)7-10-24(3)19(8-11-25(21,24)28)16-12-22(27)29-14-16/h12,17-21,28H,4-11,13-14H2,1-3H3/t17-,18+,19-,20+,21-,23+,24-,25+/m1/s1. The maximum Gasteiger partial charge on any atom is 0.331 e. The average Bonchev–Trinajstić information content (AvgIpc) is 3.22. The molecule has 0 radical (unpaired) electrons. The van der Waals surface area contributed by atoms with Gasteiger partial charge in [-0.1, -0.05) is 25.6 Å². The number of carbonyl (C=O) groups is 2. The lowest BCUT2D eigenvalue weighted by molar-refractivity contribution is -0.203. The van der Waals surface area contributed by atoms with Crippen LogP contribution < -0.4 is 0 Å². The van der Waals surface area contributed by atoms with Crippen molar-refractivity contribution in [1.82, 2.24) is 0 Å². The molecule has 0 amide bonds. The van der Waals surface area contributed by atoms with Crippen molar-refractivity contribution in [3.05, 3.63) is 11.6 Å². The van der Waals surface area contributed by atoms with Gasteiger partial charge in [0.1, 0.15) is 6.61 Å². The van der Waals surface area contributed by atoms with Crippen molar-refractivity contribution in [2.24, 2.45) is 34.5 Å². The monoisotopic (exact) mass is 432 g/mol.